The first kappa shape index (κ1) is 16.0. The molecule has 7 nitrogen and oxygen atoms in total. The van der Waals surface area contributed by atoms with Crippen LogP contribution in [-0.4, -0.2) is 30.6 Å². The maximum Gasteiger partial charge on any atom is 0.224 e. The summed E-state index contributed by atoms with van der Waals surface area (Å²) in [6.07, 6.45) is 4.15. The van der Waals surface area contributed by atoms with Crippen LogP contribution in [0.25, 0.3) is 16.7 Å². The first-order valence-electron chi connectivity index (χ1n) is 8.38. The van der Waals surface area contributed by atoms with Gasteiger partial charge in [-0.25, -0.2) is 4.98 Å². The Morgan fingerprint density at radius 3 is 2.77 bits per heavy atom. The highest BCUT2D eigenvalue weighted by Gasteiger charge is 2.08. The van der Waals surface area contributed by atoms with E-state index < -0.39 is 0 Å². The molecule has 0 saturated carbocycles. The Morgan fingerprint density at radius 2 is 1.96 bits per heavy atom. The van der Waals surface area contributed by atoms with Crippen molar-refractivity contribution in [1.82, 2.24) is 24.7 Å². The van der Waals surface area contributed by atoms with Crippen LogP contribution in [0.3, 0.4) is 0 Å². The van der Waals surface area contributed by atoms with Gasteiger partial charge in [-0.15, -0.1) is 10.2 Å². The number of carbonyl (C=O) groups is 1. The molecule has 0 aliphatic carbocycles. The number of amides is 1. The smallest absolute Gasteiger partial charge is 0.224 e. The van der Waals surface area contributed by atoms with Crippen molar-refractivity contribution < 1.29 is 4.79 Å². The first-order chi connectivity index (χ1) is 12.7. The zero-order valence-corrected chi connectivity index (χ0v) is 14.3. The van der Waals surface area contributed by atoms with Crippen LogP contribution < -0.4 is 5.32 Å². The molecule has 4 rings (SSSR count). The molecular weight excluding hydrogens is 328 g/mol. The summed E-state index contributed by atoms with van der Waals surface area (Å²) in [4.78, 5) is 20.1. The van der Waals surface area contributed by atoms with Gasteiger partial charge in [-0.3, -0.25) is 9.36 Å². The normalized spacial score (nSPS) is 11.0. The third-order valence-electron chi connectivity index (χ3n) is 4.20. The van der Waals surface area contributed by atoms with Crippen LogP contribution in [0.2, 0.25) is 0 Å². The van der Waals surface area contributed by atoms with Crippen molar-refractivity contribution >= 4 is 22.6 Å². The summed E-state index contributed by atoms with van der Waals surface area (Å²) in [5.41, 5.74) is 4.72. The highest BCUT2D eigenvalue weighted by Crippen LogP contribution is 2.17. The van der Waals surface area contributed by atoms with E-state index >= 15 is 0 Å². The second-order valence-electron chi connectivity index (χ2n) is 6.12. The molecule has 0 fully saturated rings. The van der Waals surface area contributed by atoms with Crippen LogP contribution in [-0.2, 0) is 11.2 Å². The number of benzene rings is 2. The van der Waals surface area contributed by atoms with Gasteiger partial charge in [0.25, 0.3) is 0 Å². The summed E-state index contributed by atoms with van der Waals surface area (Å²) in [6.45, 7) is 2.03. The summed E-state index contributed by atoms with van der Waals surface area (Å²) in [5, 5.41) is 10.5. The number of para-hydroxylation sites is 1. The standard InChI is InChI=1S/C19H18N6O/c1-13-4-2-7-16-19(13)24-17(23-16)8-9-18(26)22-14-5-3-6-15(10-14)25-11-20-21-12-25/h2-7,10-12H,8-9H2,1H3,(H,22,26)(H,23,24). The zero-order chi connectivity index (χ0) is 17.9. The molecule has 2 aromatic carbocycles. The number of rotatable bonds is 5. The molecule has 0 saturated heterocycles. The van der Waals surface area contributed by atoms with Gasteiger partial charge in [0.15, 0.2) is 0 Å². The maximum atomic E-state index is 12.3. The van der Waals surface area contributed by atoms with E-state index in [9.17, 15) is 4.79 Å². The quantitative estimate of drug-likeness (QED) is 0.581. The Labute approximate surface area is 150 Å². The van der Waals surface area contributed by atoms with Gasteiger partial charge in [0.2, 0.25) is 5.91 Å². The lowest BCUT2D eigenvalue weighted by molar-refractivity contribution is -0.116. The molecular formula is C19H18N6O. The number of aryl methyl sites for hydroxylation is 2. The Balaban J connectivity index is 1.41. The number of imidazole rings is 1. The summed E-state index contributed by atoms with van der Waals surface area (Å²) in [6, 6.07) is 13.6. The predicted octanol–water partition coefficient (Wildman–Crippen LogP) is 3.02. The number of hydrogen-bond acceptors (Lipinski definition) is 4. The van der Waals surface area contributed by atoms with Crippen molar-refractivity contribution in [2.75, 3.05) is 5.32 Å². The fourth-order valence-corrected chi connectivity index (χ4v) is 2.88. The number of nitrogens with one attached hydrogen (secondary N) is 2. The molecule has 2 aromatic heterocycles. The Kier molecular flexibility index (Phi) is 4.18. The molecule has 0 radical (unpaired) electrons. The molecule has 4 aromatic rings. The summed E-state index contributed by atoms with van der Waals surface area (Å²) >= 11 is 0. The Hall–Kier alpha value is -3.48. The first-order valence-corrected chi connectivity index (χ1v) is 8.38. The number of hydrogen-bond donors (Lipinski definition) is 2. The fraction of sp³-hybridized carbons (Fsp3) is 0.158. The molecule has 0 aliphatic heterocycles. The molecule has 2 N–H and O–H groups in total. The van der Waals surface area contributed by atoms with Crippen LogP contribution in [0, 0.1) is 6.92 Å². The number of aromatic nitrogens is 5. The fourth-order valence-electron chi connectivity index (χ4n) is 2.88. The minimum atomic E-state index is -0.0527. The topological polar surface area (TPSA) is 88.5 Å². The largest absolute Gasteiger partial charge is 0.342 e. The average Bonchev–Trinajstić information content (AvgIpc) is 3.31. The highest BCUT2D eigenvalue weighted by molar-refractivity contribution is 5.91. The van der Waals surface area contributed by atoms with E-state index in [4.69, 9.17) is 0 Å². The van der Waals surface area contributed by atoms with E-state index in [0.717, 1.165) is 33.8 Å². The predicted molar refractivity (Wildman–Crippen MR) is 99.1 cm³/mol. The molecule has 0 aliphatic rings. The number of aromatic amines is 1. The Bertz CT molecular complexity index is 1050. The van der Waals surface area contributed by atoms with Crippen LogP contribution in [0.5, 0.6) is 0 Å². The molecule has 130 valence electrons. The van der Waals surface area contributed by atoms with E-state index in [1.54, 1.807) is 17.2 Å². The second-order valence-corrected chi connectivity index (χ2v) is 6.12. The van der Waals surface area contributed by atoms with E-state index in [1.807, 2.05) is 49.4 Å². The van der Waals surface area contributed by atoms with Crippen LogP contribution in [0.1, 0.15) is 17.8 Å². The number of carbonyl (C=O) groups excluding carboxylic acids is 1. The Morgan fingerprint density at radius 1 is 1.15 bits per heavy atom. The van der Waals surface area contributed by atoms with Crippen molar-refractivity contribution in [3.63, 3.8) is 0 Å². The highest BCUT2D eigenvalue weighted by atomic mass is 16.1. The van der Waals surface area contributed by atoms with Crippen molar-refractivity contribution in [1.29, 1.82) is 0 Å². The molecule has 0 spiro atoms. The molecule has 7 heteroatoms. The van der Waals surface area contributed by atoms with Crippen LogP contribution in [0.4, 0.5) is 5.69 Å². The SMILES string of the molecule is Cc1cccc2[nH]c(CCC(=O)Nc3cccc(-n4cnnc4)c3)nc12. The van der Waals surface area contributed by atoms with Crippen molar-refractivity contribution in [2.45, 2.75) is 19.8 Å². The molecule has 26 heavy (non-hydrogen) atoms. The van der Waals surface area contributed by atoms with Crippen LogP contribution >= 0.6 is 0 Å². The molecule has 0 bridgehead atoms. The maximum absolute atomic E-state index is 12.3. The minimum Gasteiger partial charge on any atom is -0.342 e. The van der Waals surface area contributed by atoms with E-state index in [2.05, 4.69) is 25.5 Å². The second kappa shape index (κ2) is 6.79. The van der Waals surface area contributed by atoms with Gasteiger partial charge in [-0.05, 0) is 36.8 Å². The van der Waals surface area contributed by atoms with Crippen LogP contribution in [0.15, 0.2) is 55.1 Å². The molecule has 2 heterocycles. The van der Waals surface area contributed by atoms with Gasteiger partial charge in [0.1, 0.15) is 18.5 Å². The van der Waals surface area contributed by atoms with Gasteiger partial charge >= 0.3 is 0 Å². The number of anilines is 1. The lowest BCUT2D eigenvalue weighted by atomic mass is 10.2. The third-order valence-corrected chi connectivity index (χ3v) is 4.20. The molecule has 1 amide bonds. The molecule has 0 unspecified atom stereocenters. The summed E-state index contributed by atoms with van der Waals surface area (Å²) < 4.78 is 1.78. The average molecular weight is 346 g/mol. The number of fused-ring (bicyclic) bond motifs is 1. The third kappa shape index (κ3) is 3.32. The minimum absolute atomic E-state index is 0.0527. The lowest BCUT2D eigenvalue weighted by Gasteiger charge is -2.07. The van der Waals surface area contributed by atoms with Gasteiger partial charge in [-0.2, -0.15) is 0 Å². The number of H-pyrrole nitrogens is 1. The van der Waals surface area contributed by atoms with Gasteiger partial charge < -0.3 is 10.3 Å². The monoisotopic (exact) mass is 346 g/mol. The van der Waals surface area contributed by atoms with E-state index in [0.29, 0.717) is 12.8 Å². The number of nitrogens with zero attached hydrogens (tertiary/aromatic N) is 4. The van der Waals surface area contributed by atoms with Crippen molar-refractivity contribution in [3.8, 4) is 5.69 Å². The van der Waals surface area contributed by atoms with Crippen molar-refractivity contribution in [3.05, 3.63) is 66.5 Å². The van der Waals surface area contributed by atoms with Crippen molar-refractivity contribution in [2.24, 2.45) is 0 Å². The zero-order valence-electron chi connectivity index (χ0n) is 14.3. The van der Waals surface area contributed by atoms with Gasteiger partial charge in [0, 0.05) is 18.5 Å². The van der Waals surface area contributed by atoms with E-state index in [-0.39, 0.29) is 5.91 Å². The lowest BCUT2D eigenvalue weighted by Crippen LogP contribution is -2.13. The summed E-state index contributed by atoms with van der Waals surface area (Å²) in [5.74, 6) is 0.769. The van der Waals surface area contributed by atoms with E-state index in [1.165, 1.54) is 0 Å². The summed E-state index contributed by atoms with van der Waals surface area (Å²) in [7, 11) is 0. The van der Waals surface area contributed by atoms with Gasteiger partial charge in [0.05, 0.1) is 16.7 Å². The molecule has 0 atom stereocenters. The van der Waals surface area contributed by atoms with Gasteiger partial charge in [-0.1, -0.05) is 18.2 Å².